The van der Waals surface area contributed by atoms with Crippen molar-refractivity contribution in [2.24, 2.45) is 5.73 Å². The molecule has 0 aromatic carbocycles. The molecule has 0 unspecified atom stereocenters. The van der Waals surface area contributed by atoms with Crippen molar-refractivity contribution in [3.63, 3.8) is 0 Å². The maximum atomic E-state index is 14.1. The topological polar surface area (TPSA) is 255 Å². The fourth-order valence-corrected chi connectivity index (χ4v) is 10.6. The molecule has 0 aromatic heterocycles. The Morgan fingerprint density at radius 1 is 0.704 bits per heavy atom. The normalized spacial score (nSPS) is 15.1. The van der Waals surface area contributed by atoms with Crippen molar-refractivity contribution in [3.8, 4) is 0 Å². The van der Waals surface area contributed by atoms with Crippen LogP contribution in [-0.4, -0.2) is 148 Å². The first-order chi connectivity index (χ1) is 33.6. The molecule has 1 rings (SSSR count). The molecule has 1 aliphatic rings. The number of carbonyl (C=O) groups excluding carboxylic acids is 8. The first kappa shape index (κ1) is 65.3. The summed E-state index contributed by atoms with van der Waals surface area (Å²) in [5.41, 5.74) is 9.66. The monoisotopic (exact) mass is 1070 g/mol. The Morgan fingerprint density at radius 3 is 1.86 bits per heavy atom. The van der Waals surface area contributed by atoms with Crippen LogP contribution in [0.25, 0.3) is 0 Å². The first-order valence-corrected chi connectivity index (χ1v) is 29.3. The second kappa shape index (κ2) is 37.0. The van der Waals surface area contributed by atoms with E-state index in [-0.39, 0.29) is 53.9 Å². The van der Waals surface area contributed by atoms with E-state index >= 15 is 0 Å². The molecule has 0 aromatic rings. The van der Waals surface area contributed by atoms with Gasteiger partial charge >= 0.3 is 5.97 Å². The van der Waals surface area contributed by atoms with Gasteiger partial charge in [0, 0.05) is 47.1 Å². The maximum Gasteiger partial charge on any atom is 0.329 e. The highest BCUT2D eigenvalue weighted by Gasteiger charge is 2.33. The molecule has 0 saturated carbocycles. The highest BCUT2D eigenvalue weighted by molar-refractivity contribution is 8.77. The van der Waals surface area contributed by atoms with Crippen LogP contribution in [0.1, 0.15) is 126 Å². The molecule has 5 atom stereocenters. The van der Waals surface area contributed by atoms with Crippen LogP contribution >= 0.6 is 45.1 Å². The van der Waals surface area contributed by atoms with Gasteiger partial charge in [0.25, 0.3) is 11.8 Å². The molecular formula is C50H83N7O10S4. The Kier molecular flexibility index (Phi) is 34.0. The molecule has 0 aliphatic carbocycles. The van der Waals surface area contributed by atoms with Crippen molar-refractivity contribution in [1.29, 1.82) is 0 Å². The van der Waals surface area contributed by atoms with Gasteiger partial charge in [0.2, 0.25) is 29.5 Å². The molecule has 1 aliphatic heterocycles. The number of aliphatic hydroxyl groups excluding tert-OH is 1. The van der Waals surface area contributed by atoms with Crippen molar-refractivity contribution < 1.29 is 48.2 Å². The van der Waals surface area contributed by atoms with Gasteiger partial charge in [-0.25, -0.2) is 4.79 Å². The molecule has 71 heavy (non-hydrogen) atoms. The number of aliphatic hydroxyl groups is 1. The summed E-state index contributed by atoms with van der Waals surface area (Å²) < 4.78 is 4.82. The van der Waals surface area contributed by atoms with E-state index in [1.54, 1.807) is 0 Å². The summed E-state index contributed by atoms with van der Waals surface area (Å²) in [6.45, 7) is 14.2. The average Bonchev–Trinajstić information content (AvgIpc) is 3.63. The average molecular weight is 1070 g/mol. The zero-order chi connectivity index (χ0) is 53.4. The number of hydrogen-bond donors (Lipinski definition) is 7. The lowest BCUT2D eigenvalue weighted by atomic mass is 10.1. The molecular weight excluding hydrogens is 987 g/mol. The van der Waals surface area contributed by atoms with Crippen LogP contribution in [0.15, 0.2) is 47.1 Å². The molecule has 0 fully saturated rings. The number of carbonyl (C=O) groups is 8. The number of allylic oxidation sites excluding steroid dienone is 5. The van der Waals surface area contributed by atoms with Crippen LogP contribution in [-0.2, 0) is 43.1 Å². The Bertz CT molecular complexity index is 1830. The largest absolute Gasteiger partial charge is 0.467 e. The van der Waals surface area contributed by atoms with Crippen molar-refractivity contribution in [2.75, 3.05) is 56.1 Å². The number of imide groups is 1. The minimum absolute atomic E-state index is 0.0528. The maximum absolute atomic E-state index is 14.1. The number of rotatable bonds is 37. The second-order valence-corrected chi connectivity index (χ2v) is 23.8. The van der Waals surface area contributed by atoms with E-state index in [4.69, 9.17) is 10.5 Å². The number of nitrogens with two attached hydrogens (primary N) is 1. The number of hydrogen-bond acceptors (Lipinski definition) is 15. The predicted octanol–water partition coefficient (Wildman–Crippen LogP) is 5.28. The number of esters is 1. The lowest BCUT2D eigenvalue weighted by molar-refractivity contribution is -0.144. The number of amides is 7. The van der Waals surface area contributed by atoms with E-state index < -0.39 is 72.3 Å². The molecule has 8 N–H and O–H groups in total. The highest BCUT2D eigenvalue weighted by Crippen LogP contribution is 2.35. The van der Waals surface area contributed by atoms with Crippen LogP contribution < -0.4 is 32.3 Å². The minimum atomic E-state index is -1.50. The smallest absolute Gasteiger partial charge is 0.329 e. The van der Waals surface area contributed by atoms with Gasteiger partial charge in [-0.3, -0.25) is 38.5 Å². The zero-order valence-corrected chi connectivity index (χ0v) is 46.8. The van der Waals surface area contributed by atoms with Crippen LogP contribution in [0, 0.1) is 0 Å². The summed E-state index contributed by atoms with van der Waals surface area (Å²) in [4.78, 5) is 106. The molecule has 21 heteroatoms. The van der Waals surface area contributed by atoms with E-state index in [1.807, 2.05) is 27.0 Å². The molecule has 7 amide bonds. The third-order valence-corrected chi connectivity index (χ3v) is 15.7. The van der Waals surface area contributed by atoms with Gasteiger partial charge in [-0.15, -0.1) is 0 Å². The van der Waals surface area contributed by atoms with Crippen LogP contribution in [0.3, 0.4) is 0 Å². The number of nitrogens with zero attached hydrogens (tertiary/aromatic N) is 1. The van der Waals surface area contributed by atoms with Crippen molar-refractivity contribution in [3.05, 3.63) is 47.1 Å². The molecule has 0 saturated heterocycles. The van der Waals surface area contributed by atoms with Crippen molar-refractivity contribution in [2.45, 2.75) is 160 Å². The third kappa shape index (κ3) is 29.5. The van der Waals surface area contributed by atoms with E-state index in [0.717, 1.165) is 30.6 Å². The summed E-state index contributed by atoms with van der Waals surface area (Å²) in [7, 11) is 4.04. The van der Waals surface area contributed by atoms with Gasteiger partial charge in [0.15, 0.2) is 0 Å². The quantitative estimate of drug-likeness (QED) is 0.0138. The van der Waals surface area contributed by atoms with Gasteiger partial charge in [0.1, 0.15) is 30.2 Å². The molecule has 0 radical (unpaired) electrons. The molecule has 0 spiro atoms. The summed E-state index contributed by atoms with van der Waals surface area (Å²) in [5.74, 6) is -3.28. The Hall–Kier alpha value is -3.76. The summed E-state index contributed by atoms with van der Waals surface area (Å²) in [6.07, 6.45) is 17.8. The Labute approximate surface area is 439 Å². The lowest BCUT2D eigenvalue weighted by Crippen LogP contribution is -2.60. The zero-order valence-electron chi connectivity index (χ0n) is 43.5. The third-order valence-electron chi connectivity index (χ3n) is 10.8. The Morgan fingerprint density at radius 2 is 1.27 bits per heavy atom. The predicted molar refractivity (Wildman–Crippen MR) is 292 cm³/mol. The van der Waals surface area contributed by atoms with Crippen LogP contribution in [0.5, 0.6) is 0 Å². The number of thioether (sulfide) groups is 2. The fourth-order valence-electron chi connectivity index (χ4n) is 6.70. The van der Waals surface area contributed by atoms with E-state index in [2.05, 4.69) is 72.5 Å². The molecule has 402 valence electrons. The summed E-state index contributed by atoms with van der Waals surface area (Å²) in [6, 6.07) is -5.89. The second-order valence-electron chi connectivity index (χ2n) is 18.6. The lowest BCUT2D eigenvalue weighted by Gasteiger charge is -2.27. The van der Waals surface area contributed by atoms with E-state index in [0.29, 0.717) is 50.2 Å². The van der Waals surface area contributed by atoms with Crippen molar-refractivity contribution >= 4 is 92.4 Å². The SMILES string of the molecule is COC(=O)[C@H](CSC/C=C(\C)CC/C=C(\C)CCC=C(C)C)NC(=O)[C@H](CCCCN)NC(=O)[C@H](CSSC(C)(C)C)NC(=O)[C@H](CO)NC(=O)[C@H](CCSC)NC(=O)CCCCCN1C(=O)C=CC1=O. The van der Waals surface area contributed by atoms with Gasteiger partial charge in [0.05, 0.1) is 13.7 Å². The van der Waals surface area contributed by atoms with Gasteiger partial charge in [-0.1, -0.05) is 83.7 Å². The van der Waals surface area contributed by atoms with Crippen LogP contribution in [0.4, 0.5) is 0 Å². The van der Waals surface area contributed by atoms with Crippen molar-refractivity contribution in [1.82, 2.24) is 31.5 Å². The number of nitrogens with one attached hydrogen (secondary N) is 5. The van der Waals surface area contributed by atoms with Crippen LogP contribution in [0.2, 0.25) is 0 Å². The molecule has 1 heterocycles. The van der Waals surface area contributed by atoms with Gasteiger partial charge in [-0.05, 0) is 110 Å². The number of unbranched alkanes of at least 4 members (excludes halogenated alkanes) is 3. The minimum Gasteiger partial charge on any atom is -0.467 e. The number of ether oxygens (including phenoxy) is 1. The van der Waals surface area contributed by atoms with E-state index in [1.165, 1.54) is 81.1 Å². The highest BCUT2D eigenvalue weighted by atomic mass is 33.1. The Balaban J connectivity index is 3.08. The first-order valence-electron chi connectivity index (χ1n) is 24.4. The number of methoxy groups -OCH3 is 1. The fraction of sp³-hybridized carbons (Fsp3) is 0.680. The molecule has 17 nitrogen and oxygen atoms in total. The van der Waals surface area contributed by atoms with E-state index in [9.17, 15) is 43.5 Å². The van der Waals surface area contributed by atoms with Gasteiger partial charge in [-0.2, -0.15) is 23.5 Å². The summed E-state index contributed by atoms with van der Waals surface area (Å²) in [5, 5.41) is 23.8. The molecule has 0 bridgehead atoms. The summed E-state index contributed by atoms with van der Waals surface area (Å²) >= 11 is 2.92. The van der Waals surface area contributed by atoms with Gasteiger partial charge < -0.3 is 42.2 Å². The standard InChI is InChI=1S/C50H83N7O10S4/c1-34(2)17-15-18-35(3)19-16-20-36(4)25-30-69-32-41(49(66)67-8)56-45(62)37(21-12-13-27-51)53-48(65)40(33-70-71-50(5,6)7)55-47(64)39(31-58)54-46(63)38(26-29-68-9)52-42(59)22-11-10-14-28-57-43(60)23-24-44(57)61/h17,19,23-25,37-41,58H,10-16,18,20-22,26-33,51H2,1-9H3,(H,52,59)(H,53,65)(H,54,63)(H,55,64)(H,56,62)/b35-19+,36-25+/t37-,38-,39-,40-,41-/m0/s1.